The van der Waals surface area contributed by atoms with Crippen molar-refractivity contribution in [2.75, 3.05) is 13.2 Å². The molecular weight excluding hydrogens is 234 g/mol. The van der Waals surface area contributed by atoms with Crippen molar-refractivity contribution in [2.24, 2.45) is 17.8 Å². The summed E-state index contributed by atoms with van der Waals surface area (Å²) < 4.78 is 5.62. The first-order valence-electron chi connectivity index (χ1n) is 7.84. The van der Waals surface area contributed by atoms with Gasteiger partial charge in [0.2, 0.25) is 0 Å². The lowest BCUT2D eigenvalue weighted by molar-refractivity contribution is 0.345. The van der Waals surface area contributed by atoms with Gasteiger partial charge in [-0.05, 0) is 60.8 Å². The Morgan fingerprint density at radius 3 is 2.89 bits per heavy atom. The molecule has 0 radical (unpaired) electrons. The molecule has 2 saturated carbocycles. The largest absolute Gasteiger partial charge is 0.493 e. The Bertz CT molecular complexity index is 474. The Kier molecular flexibility index (Phi) is 2.80. The highest BCUT2D eigenvalue weighted by Crippen LogP contribution is 2.57. The van der Waals surface area contributed by atoms with Gasteiger partial charge in [-0.15, -0.1) is 0 Å². The van der Waals surface area contributed by atoms with Crippen LogP contribution < -0.4 is 10.1 Å². The average Bonchev–Trinajstić information content (AvgIpc) is 2.88. The van der Waals surface area contributed by atoms with Crippen LogP contribution in [-0.4, -0.2) is 13.2 Å². The number of benzene rings is 1. The first kappa shape index (κ1) is 11.8. The Morgan fingerprint density at radius 2 is 2.11 bits per heavy atom. The molecule has 1 aliphatic heterocycles. The van der Waals surface area contributed by atoms with Crippen molar-refractivity contribution in [2.45, 2.75) is 38.6 Å². The van der Waals surface area contributed by atoms with Crippen LogP contribution >= 0.6 is 0 Å². The van der Waals surface area contributed by atoms with Crippen LogP contribution in [0.3, 0.4) is 0 Å². The highest BCUT2D eigenvalue weighted by atomic mass is 16.5. The van der Waals surface area contributed by atoms with E-state index in [2.05, 4.69) is 30.4 Å². The van der Waals surface area contributed by atoms with Crippen molar-refractivity contribution in [3.8, 4) is 5.75 Å². The van der Waals surface area contributed by atoms with Gasteiger partial charge in [0.05, 0.1) is 6.61 Å². The number of hydrogen-bond donors (Lipinski definition) is 1. The summed E-state index contributed by atoms with van der Waals surface area (Å²) in [6, 6.07) is 7.40. The van der Waals surface area contributed by atoms with Crippen molar-refractivity contribution in [1.29, 1.82) is 0 Å². The van der Waals surface area contributed by atoms with Crippen molar-refractivity contribution >= 4 is 0 Å². The minimum absolute atomic E-state index is 0.559. The van der Waals surface area contributed by atoms with E-state index in [0.717, 1.165) is 43.1 Å². The van der Waals surface area contributed by atoms with E-state index in [4.69, 9.17) is 4.74 Å². The summed E-state index contributed by atoms with van der Waals surface area (Å²) in [6.07, 6.45) is 5.47. The molecule has 0 saturated heterocycles. The molecule has 4 rings (SSSR count). The highest BCUT2D eigenvalue weighted by Gasteiger charge is 2.47. The van der Waals surface area contributed by atoms with Crippen LogP contribution in [0.4, 0.5) is 0 Å². The SMILES string of the molecule is CCNC(c1ccc2c(c1)CCO2)C1CC2CC2C1. The fraction of sp³-hybridized carbons (Fsp3) is 0.647. The molecular formula is C17H23NO. The maximum Gasteiger partial charge on any atom is 0.122 e. The second kappa shape index (κ2) is 4.52. The molecule has 1 aromatic carbocycles. The summed E-state index contributed by atoms with van der Waals surface area (Å²) in [4.78, 5) is 0. The van der Waals surface area contributed by atoms with Crippen molar-refractivity contribution in [3.05, 3.63) is 29.3 Å². The number of rotatable bonds is 4. The summed E-state index contributed by atoms with van der Waals surface area (Å²) in [6.45, 7) is 4.14. The molecule has 0 aromatic heterocycles. The molecule has 19 heavy (non-hydrogen) atoms. The van der Waals surface area contributed by atoms with Gasteiger partial charge in [0, 0.05) is 12.5 Å². The van der Waals surface area contributed by atoms with Crippen molar-refractivity contribution in [3.63, 3.8) is 0 Å². The lowest BCUT2D eigenvalue weighted by Crippen LogP contribution is -2.27. The number of fused-ring (bicyclic) bond motifs is 2. The van der Waals surface area contributed by atoms with Crippen LogP contribution in [0.15, 0.2) is 18.2 Å². The van der Waals surface area contributed by atoms with E-state index in [-0.39, 0.29) is 0 Å². The molecule has 0 amide bonds. The molecule has 0 bridgehead atoms. The molecule has 2 aliphatic carbocycles. The van der Waals surface area contributed by atoms with Gasteiger partial charge in [0.15, 0.2) is 0 Å². The van der Waals surface area contributed by atoms with E-state index in [1.807, 2.05) is 0 Å². The first-order valence-corrected chi connectivity index (χ1v) is 7.84. The Balaban J connectivity index is 1.59. The van der Waals surface area contributed by atoms with E-state index in [9.17, 15) is 0 Å². The first-order chi connectivity index (χ1) is 9.35. The van der Waals surface area contributed by atoms with Gasteiger partial charge in [-0.2, -0.15) is 0 Å². The molecule has 0 spiro atoms. The van der Waals surface area contributed by atoms with Crippen LogP contribution in [-0.2, 0) is 6.42 Å². The number of nitrogens with one attached hydrogen (secondary N) is 1. The van der Waals surface area contributed by atoms with Crippen LogP contribution in [0.1, 0.15) is 43.4 Å². The van der Waals surface area contributed by atoms with Gasteiger partial charge in [-0.25, -0.2) is 0 Å². The molecule has 3 aliphatic rings. The van der Waals surface area contributed by atoms with Crippen molar-refractivity contribution in [1.82, 2.24) is 5.32 Å². The van der Waals surface area contributed by atoms with E-state index in [0.29, 0.717) is 6.04 Å². The Morgan fingerprint density at radius 1 is 1.26 bits per heavy atom. The van der Waals surface area contributed by atoms with Gasteiger partial charge in [0.1, 0.15) is 5.75 Å². The van der Waals surface area contributed by atoms with Crippen molar-refractivity contribution < 1.29 is 4.74 Å². The predicted octanol–water partition coefficient (Wildman–Crippen LogP) is 3.32. The third-order valence-corrected chi connectivity index (χ3v) is 5.25. The minimum atomic E-state index is 0.559. The van der Waals surface area contributed by atoms with Crippen LogP contribution in [0, 0.1) is 17.8 Å². The lowest BCUT2D eigenvalue weighted by atomic mass is 9.88. The molecule has 102 valence electrons. The van der Waals surface area contributed by atoms with Gasteiger partial charge in [0.25, 0.3) is 0 Å². The highest BCUT2D eigenvalue weighted by molar-refractivity contribution is 5.41. The topological polar surface area (TPSA) is 21.3 Å². The van der Waals surface area contributed by atoms with Crippen LogP contribution in [0.25, 0.3) is 0 Å². The van der Waals surface area contributed by atoms with Gasteiger partial charge < -0.3 is 10.1 Å². The zero-order valence-electron chi connectivity index (χ0n) is 11.7. The van der Waals surface area contributed by atoms with Gasteiger partial charge >= 0.3 is 0 Å². The van der Waals surface area contributed by atoms with E-state index >= 15 is 0 Å². The maximum atomic E-state index is 5.62. The molecule has 1 N–H and O–H groups in total. The molecule has 3 unspecified atom stereocenters. The fourth-order valence-electron chi connectivity index (χ4n) is 4.21. The summed E-state index contributed by atoms with van der Waals surface area (Å²) in [5.41, 5.74) is 2.89. The Labute approximate surface area is 115 Å². The number of hydrogen-bond acceptors (Lipinski definition) is 2. The molecule has 2 heteroatoms. The zero-order valence-corrected chi connectivity index (χ0v) is 11.7. The number of ether oxygens (including phenoxy) is 1. The molecule has 1 heterocycles. The predicted molar refractivity (Wildman–Crippen MR) is 76.4 cm³/mol. The minimum Gasteiger partial charge on any atom is -0.493 e. The van der Waals surface area contributed by atoms with Gasteiger partial charge in [-0.1, -0.05) is 19.1 Å². The van der Waals surface area contributed by atoms with E-state index in [1.165, 1.54) is 30.4 Å². The Hall–Kier alpha value is -1.02. The second-order valence-corrected chi connectivity index (χ2v) is 6.49. The van der Waals surface area contributed by atoms with Gasteiger partial charge in [-0.3, -0.25) is 0 Å². The summed E-state index contributed by atoms with van der Waals surface area (Å²) in [5, 5.41) is 3.73. The zero-order chi connectivity index (χ0) is 12.8. The monoisotopic (exact) mass is 257 g/mol. The summed E-state index contributed by atoms with van der Waals surface area (Å²) in [5.74, 6) is 4.07. The normalized spacial score (nSPS) is 32.6. The molecule has 2 nitrogen and oxygen atoms in total. The third kappa shape index (κ3) is 2.06. The van der Waals surface area contributed by atoms with E-state index < -0.39 is 0 Å². The average molecular weight is 257 g/mol. The molecule has 1 aromatic rings. The molecule has 3 atom stereocenters. The standard InChI is InChI=1S/C17H23NO/c1-2-18-17(15-9-13-8-14(13)10-15)12-3-4-16-11(7-12)5-6-19-16/h3-4,7,13-15,17-18H,2,5-6,8-10H2,1H3. The van der Waals surface area contributed by atoms with Crippen LogP contribution in [0.5, 0.6) is 5.75 Å². The summed E-state index contributed by atoms with van der Waals surface area (Å²) in [7, 11) is 0. The smallest absolute Gasteiger partial charge is 0.122 e. The molecule has 2 fully saturated rings. The maximum absolute atomic E-state index is 5.62. The second-order valence-electron chi connectivity index (χ2n) is 6.49. The third-order valence-electron chi connectivity index (χ3n) is 5.25. The summed E-state index contributed by atoms with van der Waals surface area (Å²) >= 11 is 0. The lowest BCUT2D eigenvalue weighted by Gasteiger charge is -2.26. The quantitative estimate of drug-likeness (QED) is 0.893. The fourth-order valence-corrected chi connectivity index (χ4v) is 4.21. The van der Waals surface area contributed by atoms with Crippen LogP contribution in [0.2, 0.25) is 0 Å². The van der Waals surface area contributed by atoms with E-state index in [1.54, 1.807) is 0 Å².